The van der Waals surface area contributed by atoms with Crippen molar-refractivity contribution < 1.29 is 9.59 Å². The number of hydrogen-bond acceptors (Lipinski definition) is 3. The topological polar surface area (TPSA) is 39.1 Å². The summed E-state index contributed by atoms with van der Waals surface area (Å²) in [6.45, 7) is 0. The molecule has 0 saturated carbocycles. The first kappa shape index (κ1) is 19.5. The Morgan fingerprint density at radius 2 is 1.42 bits per heavy atom. The summed E-state index contributed by atoms with van der Waals surface area (Å²) in [6.07, 6.45) is 1.73. The minimum Gasteiger partial charge on any atom is -0.336 e. The van der Waals surface area contributed by atoms with Crippen LogP contribution in [0.15, 0.2) is 84.4 Å². The predicted molar refractivity (Wildman–Crippen MR) is 134 cm³/mol. The molecule has 0 amide bonds. The van der Waals surface area contributed by atoms with Gasteiger partial charge in [0.05, 0.1) is 21.5 Å². The van der Waals surface area contributed by atoms with Gasteiger partial charge < -0.3 is 4.57 Å². The lowest BCUT2D eigenvalue weighted by atomic mass is 10.0. The van der Waals surface area contributed by atoms with E-state index >= 15 is 0 Å². The Balaban J connectivity index is 1.36. The number of aromatic nitrogens is 1. The van der Waals surface area contributed by atoms with Gasteiger partial charge in [0, 0.05) is 28.6 Å². The number of rotatable bonds is 1. The molecule has 156 valence electrons. The van der Waals surface area contributed by atoms with Crippen LogP contribution in [0.1, 0.15) is 36.9 Å². The van der Waals surface area contributed by atoms with E-state index in [1.54, 1.807) is 17.4 Å². The van der Waals surface area contributed by atoms with Crippen LogP contribution in [0, 0.1) is 11.8 Å². The molecule has 33 heavy (non-hydrogen) atoms. The van der Waals surface area contributed by atoms with Crippen LogP contribution in [0.3, 0.4) is 0 Å². The molecular weight excluding hydrogens is 426 g/mol. The minimum atomic E-state index is -0.201. The summed E-state index contributed by atoms with van der Waals surface area (Å²) in [7, 11) is 1.98. The number of allylic oxidation sites excluding steroid dienone is 1. The van der Waals surface area contributed by atoms with E-state index in [-0.39, 0.29) is 17.1 Å². The summed E-state index contributed by atoms with van der Waals surface area (Å²) < 4.78 is 3.12. The number of thiophene rings is 1. The maximum atomic E-state index is 13.0. The number of hydrogen-bond donors (Lipinski definition) is 0. The molecule has 3 nitrogen and oxygen atoms in total. The summed E-state index contributed by atoms with van der Waals surface area (Å²) >= 11 is 1.56. The fraction of sp³-hybridized carbons (Fsp3) is 0.0345. The quantitative estimate of drug-likeness (QED) is 0.174. The van der Waals surface area contributed by atoms with Gasteiger partial charge in [-0.2, -0.15) is 0 Å². The molecule has 0 spiro atoms. The zero-order valence-corrected chi connectivity index (χ0v) is 18.6. The molecule has 0 saturated heterocycles. The van der Waals surface area contributed by atoms with Crippen LogP contribution in [0.4, 0.5) is 0 Å². The molecule has 6 rings (SSSR count). The van der Waals surface area contributed by atoms with Gasteiger partial charge in [0.15, 0.2) is 11.6 Å². The summed E-state index contributed by atoms with van der Waals surface area (Å²) in [6, 6.07) is 25.4. The Kier molecular flexibility index (Phi) is 4.39. The number of carbonyl (C=O) groups is 2. The SMILES string of the molecule is Cn1c(C#Cc2ccccc2)cc2sc(C=C3C(=O)c4cc5ccccc5cc4C3=O)cc21. The summed E-state index contributed by atoms with van der Waals surface area (Å²) in [5, 5.41) is 1.93. The smallest absolute Gasteiger partial charge is 0.197 e. The Morgan fingerprint density at radius 1 is 0.788 bits per heavy atom. The lowest BCUT2D eigenvalue weighted by Crippen LogP contribution is -1.99. The fourth-order valence-electron chi connectivity index (χ4n) is 4.26. The number of fused-ring (bicyclic) bond motifs is 3. The van der Waals surface area contributed by atoms with Gasteiger partial charge in [-0.3, -0.25) is 9.59 Å². The van der Waals surface area contributed by atoms with Crippen LogP contribution in [0.5, 0.6) is 0 Å². The lowest BCUT2D eigenvalue weighted by Gasteiger charge is -2.00. The normalized spacial score (nSPS) is 12.8. The van der Waals surface area contributed by atoms with Crippen molar-refractivity contribution in [3.05, 3.63) is 112 Å². The third kappa shape index (κ3) is 3.22. The van der Waals surface area contributed by atoms with Crippen LogP contribution in [0.25, 0.3) is 27.1 Å². The van der Waals surface area contributed by atoms with E-state index in [0.29, 0.717) is 11.1 Å². The predicted octanol–water partition coefficient (Wildman–Crippen LogP) is 6.26. The highest BCUT2D eigenvalue weighted by atomic mass is 32.1. The van der Waals surface area contributed by atoms with Crippen molar-refractivity contribution in [1.82, 2.24) is 4.57 Å². The minimum absolute atomic E-state index is 0.201. The maximum absolute atomic E-state index is 13.0. The summed E-state index contributed by atoms with van der Waals surface area (Å²) in [5.41, 5.74) is 4.14. The number of benzene rings is 3. The molecule has 0 unspecified atom stereocenters. The van der Waals surface area contributed by atoms with Crippen molar-refractivity contribution in [2.24, 2.45) is 7.05 Å². The molecule has 0 bridgehead atoms. The van der Waals surface area contributed by atoms with Gasteiger partial charge >= 0.3 is 0 Å². The number of carbonyl (C=O) groups excluding carboxylic acids is 2. The highest BCUT2D eigenvalue weighted by Gasteiger charge is 2.33. The Bertz CT molecular complexity index is 1650. The summed E-state index contributed by atoms with van der Waals surface area (Å²) in [4.78, 5) is 27.0. The molecule has 1 aliphatic rings. The molecule has 2 heterocycles. The van der Waals surface area contributed by atoms with Gasteiger partial charge in [-0.15, -0.1) is 11.3 Å². The molecule has 0 aliphatic heterocycles. The van der Waals surface area contributed by atoms with Gasteiger partial charge in [-0.1, -0.05) is 48.4 Å². The van der Waals surface area contributed by atoms with E-state index in [4.69, 9.17) is 0 Å². The van der Waals surface area contributed by atoms with Crippen molar-refractivity contribution in [1.29, 1.82) is 0 Å². The second-order valence-electron chi connectivity index (χ2n) is 8.06. The molecule has 4 heteroatoms. The number of nitrogens with zero attached hydrogens (tertiary/aromatic N) is 1. The third-order valence-corrected chi connectivity index (χ3v) is 7.03. The van der Waals surface area contributed by atoms with Gasteiger partial charge in [-0.25, -0.2) is 0 Å². The van der Waals surface area contributed by atoms with E-state index in [1.807, 2.05) is 84.4 Å². The molecule has 2 aromatic heterocycles. The first-order chi connectivity index (χ1) is 16.1. The van der Waals surface area contributed by atoms with Crippen LogP contribution in [0.2, 0.25) is 0 Å². The Hall–Kier alpha value is -4.20. The molecular formula is C29H17NO2S. The average molecular weight is 444 g/mol. The van der Waals surface area contributed by atoms with E-state index in [0.717, 1.165) is 37.1 Å². The molecule has 0 atom stereocenters. The van der Waals surface area contributed by atoms with Crippen LogP contribution >= 0.6 is 11.3 Å². The van der Waals surface area contributed by atoms with Crippen molar-refractivity contribution in [2.75, 3.05) is 0 Å². The van der Waals surface area contributed by atoms with E-state index in [1.165, 1.54) is 0 Å². The standard InChI is InChI=1S/C29H17NO2S/c1-30-21(12-11-18-7-3-2-4-8-18)15-27-26(30)17-22(33-27)16-25-28(31)23-13-19-9-5-6-10-20(19)14-24(23)29(25)32/h2-10,13-17H,1H3. The third-order valence-electron chi connectivity index (χ3n) is 6.01. The second-order valence-corrected chi connectivity index (χ2v) is 9.18. The van der Waals surface area contributed by atoms with Crippen LogP contribution < -0.4 is 0 Å². The molecule has 0 N–H and O–H groups in total. The van der Waals surface area contributed by atoms with E-state index in [2.05, 4.69) is 17.9 Å². The van der Waals surface area contributed by atoms with E-state index in [9.17, 15) is 9.59 Å². The maximum Gasteiger partial charge on any atom is 0.197 e. The average Bonchev–Trinajstić information content (AvgIpc) is 3.44. The zero-order valence-electron chi connectivity index (χ0n) is 17.8. The summed E-state index contributed by atoms with van der Waals surface area (Å²) in [5.74, 6) is 6.03. The highest BCUT2D eigenvalue weighted by molar-refractivity contribution is 7.19. The van der Waals surface area contributed by atoms with Crippen molar-refractivity contribution in [2.45, 2.75) is 0 Å². The molecule has 3 aromatic carbocycles. The van der Waals surface area contributed by atoms with Crippen LogP contribution in [-0.2, 0) is 7.05 Å². The molecule has 5 aromatic rings. The molecule has 1 aliphatic carbocycles. The zero-order chi connectivity index (χ0) is 22.5. The highest BCUT2D eigenvalue weighted by Crippen LogP contribution is 2.34. The van der Waals surface area contributed by atoms with Crippen molar-refractivity contribution in [3.63, 3.8) is 0 Å². The van der Waals surface area contributed by atoms with Crippen molar-refractivity contribution >= 4 is 50.0 Å². The van der Waals surface area contributed by atoms with Gasteiger partial charge in [-0.05, 0) is 59.2 Å². The van der Waals surface area contributed by atoms with Gasteiger partial charge in [0.25, 0.3) is 0 Å². The lowest BCUT2D eigenvalue weighted by molar-refractivity contribution is 0.0990. The second kappa shape index (κ2) is 7.44. The Labute approximate surface area is 194 Å². The first-order valence-corrected chi connectivity index (χ1v) is 11.4. The van der Waals surface area contributed by atoms with Gasteiger partial charge in [0.1, 0.15) is 0 Å². The number of Topliss-reactive ketones (excluding diaryl/α,β-unsaturated/α-hetero) is 2. The monoisotopic (exact) mass is 443 g/mol. The molecule has 0 fully saturated rings. The van der Waals surface area contributed by atoms with E-state index < -0.39 is 0 Å². The number of aryl methyl sites for hydroxylation is 1. The fourth-order valence-corrected chi connectivity index (χ4v) is 5.33. The molecule has 0 radical (unpaired) electrons. The largest absolute Gasteiger partial charge is 0.336 e. The van der Waals surface area contributed by atoms with Crippen LogP contribution in [-0.4, -0.2) is 16.1 Å². The first-order valence-electron chi connectivity index (χ1n) is 10.6. The van der Waals surface area contributed by atoms with Gasteiger partial charge in [0.2, 0.25) is 0 Å². The Morgan fingerprint density at radius 3 is 2.06 bits per heavy atom. The van der Waals surface area contributed by atoms with Crippen molar-refractivity contribution in [3.8, 4) is 11.8 Å². The number of ketones is 2.